The second-order valence-electron chi connectivity index (χ2n) is 8.87. The average molecular weight is 384 g/mol. The number of aliphatic hydroxyl groups excluding tert-OH is 1. The number of rotatable bonds is 6. The summed E-state index contributed by atoms with van der Waals surface area (Å²) in [6.07, 6.45) is 7.79. The highest BCUT2D eigenvalue weighted by atomic mass is 16.7. The van der Waals surface area contributed by atoms with Crippen LogP contribution in [0.3, 0.4) is 0 Å². The molecule has 0 aromatic rings. The third-order valence-corrected chi connectivity index (χ3v) is 6.79. The first-order valence-electron chi connectivity index (χ1n) is 10.7. The van der Waals surface area contributed by atoms with Crippen LogP contribution in [0.25, 0.3) is 0 Å². The van der Waals surface area contributed by atoms with E-state index in [4.69, 9.17) is 9.57 Å². The zero-order valence-corrected chi connectivity index (χ0v) is 16.8. The SMILES string of the molecule is CN(C)C1CCC(C2NOC(C3CCCN3CC3CCC(CO)O3)N2)CN1. The molecule has 0 amide bonds. The number of nitrogens with zero attached hydrogens (tertiary/aromatic N) is 2. The monoisotopic (exact) mass is 383 g/mol. The fourth-order valence-electron chi connectivity index (χ4n) is 5.13. The number of hydrogen-bond donors (Lipinski definition) is 4. The third-order valence-electron chi connectivity index (χ3n) is 6.79. The van der Waals surface area contributed by atoms with Crippen molar-refractivity contribution in [1.29, 1.82) is 0 Å². The molecule has 4 rings (SSSR count). The van der Waals surface area contributed by atoms with E-state index in [9.17, 15) is 5.11 Å². The molecule has 0 bridgehead atoms. The Morgan fingerprint density at radius 3 is 2.67 bits per heavy atom. The van der Waals surface area contributed by atoms with Gasteiger partial charge in [-0.05, 0) is 59.2 Å². The lowest BCUT2D eigenvalue weighted by molar-refractivity contribution is -0.0427. The number of aliphatic hydroxyl groups is 1. The maximum Gasteiger partial charge on any atom is 0.146 e. The number of likely N-dealkylation sites (tertiary alicyclic amines) is 1. The fourth-order valence-corrected chi connectivity index (χ4v) is 5.13. The lowest BCUT2D eigenvalue weighted by Gasteiger charge is -2.36. The van der Waals surface area contributed by atoms with Crippen molar-refractivity contribution in [2.24, 2.45) is 5.92 Å². The molecule has 8 heteroatoms. The molecule has 156 valence electrons. The van der Waals surface area contributed by atoms with E-state index < -0.39 is 0 Å². The van der Waals surface area contributed by atoms with E-state index in [1.165, 1.54) is 19.3 Å². The molecule has 4 fully saturated rings. The van der Waals surface area contributed by atoms with Gasteiger partial charge in [0.2, 0.25) is 0 Å². The second kappa shape index (κ2) is 9.00. The zero-order chi connectivity index (χ0) is 18.8. The van der Waals surface area contributed by atoms with Crippen molar-refractivity contribution >= 4 is 0 Å². The first-order valence-corrected chi connectivity index (χ1v) is 10.7. The average Bonchev–Trinajstić information content (AvgIpc) is 3.42. The Bertz CT molecular complexity index is 474. The number of ether oxygens (including phenoxy) is 1. The van der Waals surface area contributed by atoms with Crippen molar-refractivity contribution < 1.29 is 14.7 Å². The van der Waals surface area contributed by atoms with Crippen molar-refractivity contribution in [3.8, 4) is 0 Å². The molecular weight excluding hydrogens is 346 g/mol. The number of hydrogen-bond acceptors (Lipinski definition) is 8. The Balaban J connectivity index is 1.25. The molecular formula is C19H37N5O3. The Morgan fingerprint density at radius 1 is 1.11 bits per heavy atom. The van der Waals surface area contributed by atoms with Gasteiger partial charge in [-0.15, -0.1) is 0 Å². The van der Waals surface area contributed by atoms with Crippen molar-refractivity contribution in [1.82, 2.24) is 25.9 Å². The van der Waals surface area contributed by atoms with E-state index in [1.807, 2.05) is 0 Å². The summed E-state index contributed by atoms with van der Waals surface area (Å²) >= 11 is 0. The molecule has 0 saturated carbocycles. The highest BCUT2D eigenvalue weighted by Gasteiger charge is 2.41. The molecule has 0 aliphatic carbocycles. The van der Waals surface area contributed by atoms with E-state index >= 15 is 0 Å². The molecule has 0 radical (unpaired) electrons. The van der Waals surface area contributed by atoms with E-state index in [0.29, 0.717) is 18.1 Å². The van der Waals surface area contributed by atoms with Gasteiger partial charge in [-0.1, -0.05) is 0 Å². The fraction of sp³-hybridized carbons (Fsp3) is 1.00. The second-order valence-corrected chi connectivity index (χ2v) is 8.87. The smallest absolute Gasteiger partial charge is 0.146 e. The Labute approximate surface area is 162 Å². The van der Waals surface area contributed by atoms with Crippen molar-refractivity contribution in [3.05, 3.63) is 0 Å². The molecule has 0 spiro atoms. The Hall–Kier alpha value is -0.320. The van der Waals surface area contributed by atoms with Gasteiger partial charge in [0.05, 0.1) is 37.2 Å². The van der Waals surface area contributed by atoms with Gasteiger partial charge in [0.25, 0.3) is 0 Å². The summed E-state index contributed by atoms with van der Waals surface area (Å²) < 4.78 is 5.95. The van der Waals surface area contributed by atoms with Gasteiger partial charge in [0, 0.05) is 19.0 Å². The zero-order valence-electron chi connectivity index (χ0n) is 16.8. The predicted octanol–water partition coefficient (Wildman–Crippen LogP) is -0.345. The molecule has 8 nitrogen and oxygen atoms in total. The van der Waals surface area contributed by atoms with Crippen LogP contribution >= 0.6 is 0 Å². The third kappa shape index (κ3) is 4.64. The molecule has 7 unspecified atom stereocenters. The summed E-state index contributed by atoms with van der Waals surface area (Å²) in [5.41, 5.74) is 3.27. The first-order chi connectivity index (χ1) is 13.1. The molecule has 7 atom stereocenters. The van der Waals surface area contributed by atoms with Crippen LogP contribution < -0.4 is 16.1 Å². The predicted molar refractivity (Wildman–Crippen MR) is 103 cm³/mol. The standard InChI is InChI=1S/C19H37N5O3/c1-23(2)17-8-5-13(10-20-17)18-21-19(27-22-18)16-4-3-9-24(16)11-14-6-7-15(12-25)26-14/h13-22,25H,3-12H2,1-2H3. The van der Waals surface area contributed by atoms with Crippen LogP contribution in [-0.4, -0.2) is 92.1 Å². The summed E-state index contributed by atoms with van der Waals surface area (Å²) in [7, 11) is 4.27. The van der Waals surface area contributed by atoms with Gasteiger partial charge >= 0.3 is 0 Å². The maximum atomic E-state index is 9.28. The van der Waals surface area contributed by atoms with Gasteiger partial charge in [-0.3, -0.25) is 20.0 Å². The molecule has 4 N–H and O–H groups in total. The lowest BCUT2D eigenvalue weighted by atomic mass is 9.94. The van der Waals surface area contributed by atoms with Crippen LogP contribution in [0, 0.1) is 5.92 Å². The minimum absolute atomic E-state index is 0.0350. The summed E-state index contributed by atoms with van der Waals surface area (Å²) in [4.78, 5) is 10.8. The maximum absolute atomic E-state index is 9.28. The van der Waals surface area contributed by atoms with Crippen LogP contribution in [0.15, 0.2) is 0 Å². The minimum atomic E-state index is 0.0350. The van der Waals surface area contributed by atoms with Crippen LogP contribution in [0.1, 0.15) is 38.5 Å². The minimum Gasteiger partial charge on any atom is -0.394 e. The first kappa shape index (κ1) is 20.0. The van der Waals surface area contributed by atoms with Gasteiger partial charge in [-0.2, -0.15) is 5.48 Å². The Morgan fingerprint density at radius 2 is 1.96 bits per heavy atom. The molecule has 0 aromatic carbocycles. The number of hydroxylamine groups is 1. The van der Waals surface area contributed by atoms with E-state index in [-0.39, 0.29) is 31.2 Å². The van der Waals surface area contributed by atoms with Crippen LogP contribution in [0.2, 0.25) is 0 Å². The highest BCUT2D eigenvalue weighted by molar-refractivity contribution is 4.92. The molecule has 4 saturated heterocycles. The van der Waals surface area contributed by atoms with E-state index in [2.05, 4.69) is 40.0 Å². The number of nitrogens with one attached hydrogen (secondary N) is 3. The molecule has 4 aliphatic heterocycles. The molecule has 27 heavy (non-hydrogen) atoms. The highest BCUT2D eigenvalue weighted by Crippen LogP contribution is 2.28. The van der Waals surface area contributed by atoms with E-state index in [1.54, 1.807) is 0 Å². The molecule has 4 aliphatic rings. The molecule has 0 aromatic heterocycles. The van der Waals surface area contributed by atoms with Crippen LogP contribution in [0.5, 0.6) is 0 Å². The van der Waals surface area contributed by atoms with Crippen molar-refractivity contribution in [2.75, 3.05) is 40.3 Å². The van der Waals surface area contributed by atoms with E-state index in [0.717, 1.165) is 38.9 Å². The van der Waals surface area contributed by atoms with Gasteiger partial charge in [0.15, 0.2) is 0 Å². The lowest BCUT2D eigenvalue weighted by Crippen LogP contribution is -2.54. The summed E-state index contributed by atoms with van der Waals surface area (Å²) in [6.45, 7) is 3.21. The van der Waals surface area contributed by atoms with Gasteiger partial charge in [-0.25, -0.2) is 0 Å². The summed E-state index contributed by atoms with van der Waals surface area (Å²) in [5, 5.41) is 16.6. The topological polar surface area (TPSA) is 81.3 Å². The van der Waals surface area contributed by atoms with Crippen LogP contribution in [-0.2, 0) is 9.57 Å². The normalized spacial score (nSPS) is 43.8. The summed E-state index contributed by atoms with van der Waals surface area (Å²) in [6, 6.07) is 0.394. The largest absolute Gasteiger partial charge is 0.394 e. The summed E-state index contributed by atoms with van der Waals surface area (Å²) in [5.74, 6) is 0.546. The van der Waals surface area contributed by atoms with Crippen LogP contribution in [0.4, 0.5) is 0 Å². The van der Waals surface area contributed by atoms with Crippen molar-refractivity contribution in [3.63, 3.8) is 0 Å². The van der Waals surface area contributed by atoms with Gasteiger partial charge in [0.1, 0.15) is 6.23 Å². The molecule has 4 heterocycles. The van der Waals surface area contributed by atoms with Gasteiger partial charge < -0.3 is 15.2 Å². The van der Waals surface area contributed by atoms with Crippen molar-refractivity contribution in [2.45, 2.75) is 75.3 Å². The Kier molecular flexibility index (Phi) is 6.66. The number of piperidine rings is 1. The quantitative estimate of drug-likeness (QED) is 0.496.